The van der Waals surface area contributed by atoms with E-state index in [1.165, 1.54) is 0 Å². The molecular formula is C11H24O5Si. The van der Waals surface area contributed by atoms with Crippen LogP contribution >= 0.6 is 0 Å². The first-order chi connectivity index (χ1) is 8.07. The molecule has 17 heavy (non-hydrogen) atoms. The van der Waals surface area contributed by atoms with Crippen molar-refractivity contribution in [1.82, 2.24) is 0 Å². The zero-order valence-electron chi connectivity index (χ0n) is 11.4. The lowest BCUT2D eigenvalue weighted by Crippen LogP contribution is -2.63. The third-order valence-electron chi connectivity index (χ3n) is 3.17. The summed E-state index contributed by atoms with van der Waals surface area (Å²) in [5.74, 6) is 0. The standard InChI is InChI=1S/C11H24O5Si/c1-6-7-11(2,16-9-10-8-15-10)17(12-3,13-4)14-5/h10H,6-9H2,1-5H3. The molecule has 0 amide bonds. The Kier molecular flexibility index (Phi) is 5.55. The van der Waals surface area contributed by atoms with E-state index in [1.807, 2.05) is 6.92 Å². The summed E-state index contributed by atoms with van der Waals surface area (Å²) in [5, 5.41) is -0.522. The Morgan fingerprint density at radius 3 is 2.12 bits per heavy atom. The summed E-state index contributed by atoms with van der Waals surface area (Å²) in [6, 6.07) is 0. The monoisotopic (exact) mass is 264 g/mol. The van der Waals surface area contributed by atoms with Gasteiger partial charge in [-0.05, 0) is 13.3 Å². The van der Waals surface area contributed by atoms with Gasteiger partial charge in [-0.15, -0.1) is 0 Å². The maximum absolute atomic E-state index is 5.99. The van der Waals surface area contributed by atoms with E-state index in [2.05, 4.69) is 6.92 Å². The molecule has 1 fully saturated rings. The molecule has 0 aromatic rings. The van der Waals surface area contributed by atoms with Crippen LogP contribution in [-0.4, -0.2) is 54.7 Å². The van der Waals surface area contributed by atoms with Gasteiger partial charge in [-0.2, -0.15) is 0 Å². The molecule has 0 aliphatic carbocycles. The van der Waals surface area contributed by atoms with Gasteiger partial charge in [-0.3, -0.25) is 0 Å². The van der Waals surface area contributed by atoms with E-state index in [-0.39, 0.29) is 6.10 Å². The minimum atomic E-state index is -2.81. The predicted octanol–water partition coefficient (Wildman–Crippen LogP) is 1.38. The third-order valence-corrected chi connectivity index (χ3v) is 6.47. The van der Waals surface area contributed by atoms with Gasteiger partial charge >= 0.3 is 8.80 Å². The molecule has 5 nitrogen and oxygen atoms in total. The van der Waals surface area contributed by atoms with Crippen molar-refractivity contribution >= 4 is 8.80 Å². The van der Waals surface area contributed by atoms with Gasteiger partial charge in [0.15, 0.2) is 0 Å². The summed E-state index contributed by atoms with van der Waals surface area (Å²) in [6.07, 6.45) is 2.04. The molecule has 0 aromatic heterocycles. The molecule has 1 saturated heterocycles. The highest BCUT2D eigenvalue weighted by atomic mass is 28.4. The Morgan fingerprint density at radius 2 is 1.76 bits per heavy atom. The first kappa shape index (κ1) is 15.1. The lowest BCUT2D eigenvalue weighted by atomic mass is 10.2. The molecule has 0 N–H and O–H groups in total. The topological polar surface area (TPSA) is 49.5 Å². The van der Waals surface area contributed by atoms with Crippen molar-refractivity contribution in [3.8, 4) is 0 Å². The normalized spacial score (nSPS) is 23.5. The number of rotatable bonds is 9. The summed E-state index contributed by atoms with van der Waals surface area (Å²) in [7, 11) is 2.04. The Bertz CT molecular complexity index is 222. The Morgan fingerprint density at radius 1 is 1.24 bits per heavy atom. The lowest BCUT2D eigenvalue weighted by Gasteiger charge is -2.40. The van der Waals surface area contributed by atoms with Crippen LogP contribution in [0.1, 0.15) is 26.7 Å². The minimum Gasteiger partial charge on any atom is -0.375 e. The average Bonchev–Trinajstić information content (AvgIpc) is 3.14. The molecule has 0 radical (unpaired) electrons. The fourth-order valence-corrected chi connectivity index (χ4v) is 4.74. The largest absolute Gasteiger partial charge is 0.533 e. The van der Waals surface area contributed by atoms with Crippen molar-refractivity contribution < 1.29 is 22.8 Å². The second-order valence-electron chi connectivity index (χ2n) is 4.42. The van der Waals surface area contributed by atoms with Crippen LogP contribution in [0.25, 0.3) is 0 Å². The van der Waals surface area contributed by atoms with E-state index >= 15 is 0 Å². The van der Waals surface area contributed by atoms with Gasteiger partial charge in [-0.1, -0.05) is 13.3 Å². The van der Waals surface area contributed by atoms with Gasteiger partial charge < -0.3 is 22.8 Å². The maximum atomic E-state index is 5.99. The van der Waals surface area contributed by atoms with Crippen molar-refractivity contribution in [2.45, 2.75) is 38.0 Å². The van der Waals surface area contributed by atoms with Crippen LogP contribution in [0.2, 0.25) is 0 Å². The number of ether oxygens (including phenoxy) is 2. The molecule has 0 saturated carbocycles. The maximum Gasteiger partial charge on any atom is 0.533 e. The van der Waals surface area contributed by atoms with E-state index in [0.29, 0.717) is 6.61 Å². The van der Waals surface area contributed by atoms with Crippen LogP contribution in [0, 0.1) is 0 Å². The van der Waals surface area contributed by atoms with Crippen LogP contribution in [0.4, 0.5) is 0 Å². The molecule has 6 heteroatoms. The fraction of sp³-hybridized carbons (Fsp3) is 1.00. The first-order valence-electron chi connectivity index (χ1n) is 5.98. The molecule has 1 heterocycles. The van der Waals surface area contributed by atoms with Crippen molar-refractivity contribution in [1.29, 1.82) is 0 Å². The van der Waals surface area contributed by atoms with Gasteiger partial charge in [0.25, 0.3) is 0 Å². The lowest BCUT2D eigenvalue weighted by molar-refractivity contribution is -0.0561. The van der Waals surface area contributed by atoms with Gasteiger partial charge in [-0.25, -0.2) is 0 Å². The zero-order valence-corrected chi connectivity index (χ0v) is 12.4. The molecule has 1 aliphatic rings. The van der Waals surface area contributed by atoms with Gasteiger partial charge in [0.2, 0.25) is 0 Å². The Balaban J connectivity index is 2.76. The predicted molar refractivity (Wildman–Crippen MR) is 65.8 cm³/mol. The first-order valence-corrected chi connectivity index (χ1v) is 7.71. The van der Waals surface area contributed by atoms with E-state index in [0.717, 1.165) is 19.4 Å². The van der Waals surface area contributed by atoms with Gasteiger partial charge in [0.1, 0.15) is 11.3 Å². The van der Waals surface area contributed by atoms with Crippen molar-refractivity contribution in [2.75, 3.05) is 34.5 Å². The Hall–Kier alpha value is 0.0169. The summed E-state index contributed by atoms with van der Waals surface area (Å²) >= 11 is 0. The van der Waals surface area contributed by atoms with Crippen LogP contribution in [-0.2, 0) is 22.8 Å². The zero-order chi connectivity index (χ0) is 12.9. The van der Waals surface area contributed by atoms with Crippen molar-refractivity contribution in [2.24, 2.45) is 0 Å². The second kappa shape index (κ2) is 6.26. The quantitative estimate of drug-likeness (QED) is 0.465. The van der Waals surface area contributed by atoms with Crippen LogP contribution in [0.5, 0.6) is 0 Å². The molecule has 0 spiro atoms. The molecule has 2 atom stereocenters. The van der Waals surface area contributed by atoms with Crippen LogP contribution in [0.15, 0.2) is 0 Å². The average molecular weight is 264 g/mol. The molecule has 2 unspecified atom stereocenters. The third kappa shape index (κ3) is 3.27. The van der Waals surface area contributed by atoms with E-state index < -0.39 is 14.0 Å². The highest BCUT2D eigenvalue weighted by Crippen LogP contribution is 2.32. The number of hydrogen-bond donors (Lipinski definition) is 0. The molecule has 0 bridgehead atoms. The molecule has 1 aliphatic heterocycles. The number of epoxide rings is 1. The smallest absolute Gasteiger partial charge is 0.375 e. The summed E-state index contributed by atoms with van der Waals surface area (Å²) in [5.41, 5.74) is 0. The summed E-state index contributed by atoms with van der Waals surface area (Å²) < 4.78 is 27.8. The van der Waals surface area contributed by atoms with Crippen LogP contribution in [0.3, 0.4) is 0 Å². The SMILES string of the molecule is CCCC(C)(OCC1CO1)[Si](OC)(OC)OC. The van der Waals surface area contributed by atoms with Gasteiger partial charge in [0, 0.05) is 21.3 Å². The minimum absolute atomic E-state index is 0.225. The number of hydrogen-bond acceptors (Lipinski definition) is 5. The van der Waals surface area contributed by atoms with E-state index in [4.69, 9.17) is 22.8 Å². The highest BCUT2D eigenvalue weighted by molar-refractivity contribution is 6.63. The molecular weight excluding hydrogens is 240 g/mol. The highest BCUT2D eigenvalue weighted by Gasteiger charge is 2.58. The van der Waals surface area contributed by atoms with Crippen molar-refractivity contribution in [3.63, 3.8) is 0 Å². The van der Waals surface area contributed by atoms with Crippen molar-refractivity contribution in [3.05, 3.63) is 0 Å². The molecule has 102 valence electrons. The summed E-state index contributed by atoms with van der Waals surface area (Å²) in [4.78, 5) is 0. The van der Waals surface area contributed by atoms with E-state index in [9.17, 15) is 0 Å². The molecule has 0 aromatic carbocycles. The Labute approximate surface area is 105 Å². The van der Waals surface area contributed by atoms with Crippen LogP contribution < -0.4 is 0 Å². The van der Waals surface area contributed by atoms with E-state index in [1.54, 1.807) is 21.3 Å². The van der Waals surface area contributed by atoms with Gasteiger partial charge in [0.05, 0.1) is 13.2 Å². The fourth-order valence-electron chi connectivity index (χ4n) is 2.13. The second-order valence-corrected chi connectivity index (χ2v) is 7.81. The molecule has 1 rings (SSSR count). The summed E-state index contributed by atoms with van der Waals surface area (Å²) in [6.45, 7) is 5.46.